The first-order chi connectivity index (χ1) is 8.17. The molecule has 17 heavy (non-hydrogen) atoms. The van der Waals surface area contributed by atoms with E-state index in [1.54, 1.807) is 4.90 Å². The van der Waals surface area contributed by atoms with Crippen molar-refractivity contribution in [2.45, 2.75) is 26.3 Å². The zero-order chi connectivity index (χ0) is 12.7. The minimum Gasteiger partial charge on any atom is -0.384 e. The fraction of sp³-hybridized carbons (Fsp3) is 0.462. The minimum atomic E-state index is -0.123. The summed E-state index contributed by atoms with van der Waals surface area (Å²) in [7, 11) is 1.81. The van der Waals surface area contributed by atoms with E-state index in [2.05, 4.69) is 11.8 Å². The lowest BCUT2D eigenvalue weighted by atomic mass is 10.2. The van der Waals surface area contributed by atoms with Crippen molar-refractivity contribution in [2.24, 2.45) is 0 Å². The minimum absolute atomic E-state index is 0.123. The van der Waals surface area contributed by atoms with Crippen molar-refractivity contribution in [3.8, 4) is 11.8 Å². The van der Waals surface area contributed by atoms with Gasteiger partial charge in [0.1, 0.15) is 6.61 Å². The SMILES string of the molecule is CCCC(=O)N(C)Cc1csc(C#CCO)c1. The van der Waals surface area contributed by atoms with E-state index in [4.69, 9.17) is 5.11 Å². The predicted octanol–water partition coefficient (Wildman–Crippen LogP) is 1.85. The normalized spacial score (nSPS) is 9.59. The molecule has 1 aromatic heterocycles. The average molecular weight is 251 g/mol. The molecule has 0 unspecified atom stereocenters. The van der Waals surface area contributed by atoms with Crippen LogP contribution in [0, 0.1) is 11.8 Å². The standard InChI is InChI=1S/C13H17NO2S/c1-3-5-13(16)14(2)9-11-8-12(17-10-11)6-4-7-15/h8,10,15H,3,5,7,9H2,1-2H3. The molecule has 1 amide bonds. The molecule has 0 bridgehead atoms. The summed E-state index contributed by atoms with van der Waals surface area (Å²) in [5.41, 5.74) is 1.09. The van der Waals surface area contributed by atoms with Crippen LogP contribution in [0.25, 0.3) is 0 Å². The topological polar surface area (TPSA) is 40.5 Å². The largest absolute Gasteiger partial charge is 0.384 e. The molecule has 1 rings (SSSR count). The number of nitrogens with zero attached hydrogens (tertiary/aromatic N) is 1. The smallest absolute Gasteiger partial charge is 0.222 e. The molecule has 0 saturated carbocycles. The van der Waals surface area contributed by atoms with Gasteiger partial charge in [-0.3, -0.25) is 4.79 Å². The van der Waals surface area contributed by atoms with Gasteiger partial charge in [-0.2, -0.15) is 0 Å². The summed E-state index contributed by atoms with van der Waals surface area (Å²) >= 11 is 1.53. The van der Waals surface area contributed by atoms with Crippen LogP contribution in [0.1, 0.15) is 30.2 Å². The lowest BCUT2D eigenvalue weighted by Crippen LogP contribution is -2.25. The van der Waals surface area contributed by atoms with E-state index in [-0.39, 0.29) is 12.5 Å². The molecular weight excluding hydrogens is 234 g/mol. The molecule has 92 valence electrons. The van der Waals surface area contributed by atoms with E-state index in [1.807, 2.05) is 25.4 Å². The highest BCUT2D eigenvalue weighted by Crippen LogP contribution is 2.15. The highest BCUT2D eigenvalue weighted by Gasteiger charge is 2.08. The van der Waals surface area contributed by atoms with Gasteiger partial charge in [-0.1, -0.05) is 18.8 Å². The molecule has 1 aromatic rings. The summed E-state index contributed by atoms with van der Waals surface area (Å²) in [6.45, 7) is 2.50. The lowest BCUT2D eigenvalue weighted by molar-refractivity contribution is -0.130. The second-order valence-corrected chi connectivity index (χ2v) is 4.69. The zero-order valence-corrected chi connectivity index (χ0v) is 11.0. The molecule has 0 fully saturated rings. The number of carbonyl (C=O) groups is 1. The molecule has 0 aromatic carbocycles. The number of aliphatic hydroxyl groups is 1. The van der Waals surface area contributed by atoms with Gasteiger partial charge in [0.15, 0.2) is 0 Å². The van der Waals surface area contributed by atoms with E-state index in [0.717, 1.165) is 16.9 Å². The van der Waals surface area contributed by atoms with Gasteiger partial charge in [0.25, 0.3) is 0 Å². The maximum Gasteiger partial charge on any atom is 0.222 e. The number of hydrogen-bond acceptors (Lipinski definition) is 3. The second-order valence-electron chi connectivity index (χ2n) is 3.78. The van der Waals surface area contributed by atoms with Crippen LogP contribution < -0.4 is 0 Å². The van der Waals surface area contributed by atoms with Crippen molar-refractivity contribution in [1.82, 2.24) is 4.90 Å². The van der Waals surface area contributed by atoms with Crippen LogP contribution in [-0.2, 0) is 11.3 Å². The lowest BCUT2D eigenvalue weighted by Gasteiger charge is -2.15. The Morgan fingerprint density at radius 1 is 1.59 bits per heavy atom. The Hall–Kier alpha value is -1.31. The van der Waals surface area contributed by atoms with E-state index in [9.17, 15) is 4.79 Å². The van der Waals surface area contributed by atoms with Crippen molar-refractivity contribution < 1.29 is 9.90 Å². The molecule has 0 saturated heterocycles. The third-order valence-corrected chi connectivity index (χ3v) is 3.15. The number of carbonyl (C=O) groups excluding carboxylic acids is 1. The summed E-state index contributed by atoms with van der Waals surface area (Å²) in [6, 6.07) is 1.96. The first kappa shape index (κ1) is 13.8. The molecule has 1 heterocycles. The number of thiophene rings is 1. The molecule has 1 N–H and O–H groups in total. The van der Waals surface area contributed by atoms with Gasteiger partial charge in [-0.15, -0.1) is 11.3 Å². The van der Waals surface area contributed by atoms with Crippen molar-refractivity contribution in [1.29, 1.82) is 0 Å². The summed E-state index contributed by atoms with van der Waals surface area (Å²) < 4.78 is 0. The van der Waals surface area contributed by atoms with Crippen molar-refractivity contribution in [3.05, 3.63) is 21.9 Å². The quantitative estimate of drug-likeness (QED) is 0.830. The van der Waals surface area contributed by atoms with E-state index in [0.29, 0.717) is 13.0 Å². The van der Waals surface area contributed by atoms with E-state index >= 15 is 0 Å². The predicted molar refractivity (Wildman–Crippen MR) is 69.7 cm³/mol. The maximum absolute atomic E-state index is 11.6. The molecule has 0 aliphatic carbocycles. The molecule has 0 spiro atoms. The first-order valence-electron chi connectivity index (χ1n) is 5.58. The molecule has 0 atom stereocenters. The fourth-order valence-electron chi connectivity index (χ4n) is 1.42. The Morgan fingerprint density at radius 2 is 2.35 bits per heavy atom. The molecule has 0 aliphatic heterocycles. The summed E-state index contributed by atoms with van der Waals surface area (Å²) in [5, 5.41) is 10.6. The Morgan fingerprint density at radius 3 is 3.00 bits per heavy atom. The summed E-state index contributed by atoms with van der Waals surface area (Å²) in [6.07, 6.45) is 1.47. The monoisotopic (exact) mass is 251 g/mol. The van der Waals surface area contributed by atoms with Crippen LogP contribution in [0.4, 0.5) is 0 Å². The molecular formula is C13H17NO2S. The Balaban J connectivity index is 2.57. The Kier molecular flexibility index (Phi) is 5.75. The van der Waals surface area contributed by atoms with Gasteiger partial charge in [0, 0.05) is 20.0 Å². The van der Waals surface area contributed by atoms with Crippen LogP contribution in [0.2, 0.25) is 0 Å². The number of hydrogen-bond donors (Lipinski definition) is 1. The molecule has 0 radical (unpaired) electrons. The van der Waals surface area contributed by atoms with E-state index < -0.39 is 0 Å². The average Bonchev–Trinajstić information content (AvgIpc) is 2.74. The Bertz CT molecular complexity index is 428. The summed E-state index contributed by atoms with van der Waals surface area (Å²) in [5.74, 6) is 5.64. The highest BCUT2D eigenvalue weighted by molar-refractivity contribution is 7.10. The third kappa shape index (κ3) is 4.59. The Labute approximate surface area is 106 Å². The van der Waals surface area contributed by atoms with Crippen LogP contribution >= 0.6 is 11.3 Å². The van der Waals surface area contributed by atoms with Crippen LogP contribution in [0.15, 0.2) is 11.4 Å². The second kappa shape index (κ2) is 7.10. The van der Waals surface area contributed by atoms with Gasteiger partial charge in [0.05, 0.1) is 4.88 Å². The molecule has 3 nitrogen and oxygen atoms in total. The van der Waals surface area contributed by atoms with Crippen molar-refractivity contribution in [2.75, 3.05) is 13.7 Å². The van der Waals surface area contributed by atoms with Gasteiger partial charge in [-0.05, 0) is 23.4 Å². The highest BCUT2D eigenvalue weighted by atomic mass is 32.1. The van der Waals surface area contributed by atoms with Gasteiger partial charge in [0.2, 0.25) is 5.91 Å². The number of amides is 1. The van der Waals surface area contributed by atoms with Gasteiger partial charge >= 0.3 is 0 Å². The summed E-state index contributed by atoms with van der Waals surface area (Å²) in [4.78, 5) is 14.2. The first-order valence-corrected chi connectivity index (χ1v) is 6.46. The van der Waals surface area contributed by atoms with E-state index in [1.165, 1.54) is 11.3 Å². The molecule has 4 heteroatoms. The zero-order valence-electron chi connectivity index (χ0n) is 10.2. The van der Waals surface area contributed by atoms with Crippen LogP contribution in [0.5, 0.6) is 0 Å². The third-order valence-electron chi connectivity index (χ3n) is 2.25. The molecule has 0 aliphatic rings. The fourth-order valence-corrected chi connectivity index (χ4v) is 2.19. The van der Waals surface area contributed by atoms with Gasteiger partial charge in [-0.25, -0.2) is 0 Å². The van der Waals surface area contributed by atoms with Crippen LogP contribution in [-0.4, -0.2) is 29.6 Å². The number of rotatable bonds is 4. The maximum atomic E-state index is 11.6. The number of aliphatic hydroxyl groups excluding tert-OH is 1. The van der Waals surface area contributed by atoms with Gasteiger partial charge < -0.3 is 10.0 Å². The van der Waals surface area contributed by atoms with Crippen molar-refractivity contribution in [3.63, 3.8) is 0 Å². The van der Waals surface area contributed by atoms with Crippen molar-refractivity contribution >= 4 is 17.2 Å². The van der Waals surface area contributed by atoms with Crippen LogP contribution in [0.3, 0.4) is 0 Å².